The Bertz CT molecular complexity index is 1120. The molecule has 1 aromatic carbocycles. The Balaban J connectivity index is 1.58. The summed E-state index contributed by atoms with van der Waals surface area (Å²) in [5, 5.41) is 11.5. The zero-order valence-electron chi connectivity index (χ0n) is 18.4. The van der Waals surface area contributed by atoms with E-state index in [1.165, 1.54) is 5.56 Å². The van der Waals surface area contributed by atoms with Gasteiger partial charge in [0, 0.05) is 67.6 Å². The highest BCUT2D eigenvalue weighted by Crippen LogP contribution is 2.48. The number of fused-ring (bicyclic) bond motifs is 4. The zero-order chi connectivity index (χ0) is 22.3. The van der Waals surface area contributed by atoms with Gasteiger partial charge in [0.15, 0.2) is 0 Å². The predicted molar refractivity (Wildman–Crippen MR) is 119 cm³/mol. The number of methoxy groups -OCH3 is 2. The summed E-state index contributed by atoms with van der Waals surface area (Å²) in [7, 11) is 3.20. The second-order valence-corrected chi connectivity index (χ2v) is 8.71. The fourth-order valence-electron chi connectivity index (χ4n) is 5.31. The quantitative estimate of drug-likeness (QED) is 0.613. The Kier molecular flexibility index (Phi) is 5.36. The minimum absolute atomic E-state index is 0.00161. The second kappa shape index (κ2) is 8.20. The molecule has 32 heavy (non-hydrogen) atoms. The molecule has 2 aliphatic heterocycles. The van der Waals surface area contributed by atoms with Gasteiger partial charge in [0.05, 0.1) is 25.5 Å². The van der Waals surface area contributed by atoms with Gasteiger partial charge in [0.2, 0.25) is 5.91 Å². The average Bonchev–Trinajstić information content (AvgIpc) is 3.16. The summed E-state index contributed by atoms with van der Waals surface area (Å²) in [4.78, 5) is 24.6. The summed E-state index contributed by atoms with van der Waals surface area (Å²) in [6, 6.07) is 11.7. The zero-order valence-corrected chi connectivity index (χ0v) is 18.4. The van der Waals surface area contributed by atoms with Gasteiger partial charge in [-0.3, -0.25) is 14.7 Å². The molecule has 8 nitrogen and oxygen atoms in total. The number of likely N-dealkylation sites (tertiary alicyclic amines) is 1. The molecule has 5 rings (SSSR count). The van der Waals surface area contributed by atoms with Crippen LogP contribution in [0.1, 0.15) is 23.0 Å². The van der Waals surface area contributed by atoms with Crippen LogP contribution in [0.15, 0.2) is 42.6 Å². The number of benzene rings is 1. The number of H-pyrrole nitrogens is 1. The number of ether oxygens (including phenoxy) is 2. The molecule has 4 heterocycles. The molecule has 3 aromatic rings. The van der Waals surface area contributed by atoms with E-state index in [-0.39, 0.29) is 30.6 Å². The molecule has 8 heteroatoms. The molecule has 2 aromatic heterocycles. The highest BCUT2D eigenvalue weighted by molar-refractivity contribution is 5.89. The van der Waals surface area contributed by atoms with E-state index in [1.807, 2.05) is 35.2 Å². The lowest BCUT2D eigenvalue weighted by atomic mass is 9.68. The van der Waals surface area contributed by atoms with Crippen molar-refractivity contribution in [1.82, 2.24) is 19.8 Å². The lowest BCUT2D eigenvalue weighted by Gasteiger charge is -2.56. The summed E-state index contributed by atoms with van der Waals surface area (Å²) < 4.78 is 10.5. The molecule has 1 atom stereocenters. The number of aliphatic hydroxyl groups excluding tert-OH is 1. The van der Waals surface area contributed by atoms with Crippen LogP contribution in [0.25, 0.3) is 10.9 Å². The van der Waals surface area contributed by atoms with E-state index in [2.05, 4.69) is 20.9 Å². The Labute approximate surface area is 186 Å². The number of aromatic nitrogens is 2. The van der Waals surface area contributed by atoms with E-state index in [4.69, 9.17) is 9.47 Å². The third kappa shape index (κ3) is 3.35. The number of hydrogen-bond acceptors (Lipinski definition) is 6. The Morgan fingerprint density at radius 1 is 1.25 bits per heavy atom. The van der Waals surface area contributed by atoms with Crippen LogP contribution in [0.4, 0.5) is 0 Å². The molecule has 1 saturated heterocycles. The third-order valence-corrected chi connectivity index (χ3v) is 6.72. The number of rotatable bonds is 6. The molecule has 2 N–H and O–H groups in total. The summed E-state index contributed by atoms with van der Waals surface area (Å²) >= 11 is 0. The number of nitrogens with one attached hydrogen (secondary N) is 1. The molecular formula is C24H28N4O4. The van der Waals surface area contributed by atoms with E-state index in [9.17, 15) is 9.90 Å². The SMILES string of the molecule is COCC(=O)N1CC2(C1)CN(Cc1ccccn1)[C@@H](CO)c1[nH]c3cc(OC)ccc3c12. The average molecular weight is 437 g/mol. The van der Waals surface area contributed by atoms with E-state index < -0.39 is 0 Å². The van der Waals surface area contributed by atoms with Crippen LogP contribution in [0, 0.1) is 0 Å². The molecule has 1 spiro atoms. The first-order valence-electron chi connectivity index (χ1n) is 10.8. The fourth-order valence-corrected chi connectivity index (χ4v) is 5.31. The Morgan fingerprint density at radius 3 is 2.78 bits per heavy atom. The molecule has 2 aliphatic rings. The maximum Gasteiger partial charge on any atom is 0.248 e. The van der Waals surface area contributed by atoms with Crippen LogP contribution in [0.2, 0.25) is 0 Å². The summed E-state index contributed by atoms with van der Waals surface area (Å²) in [5.41, 5.74) is 3.93. The molecule has 1 amide bonds. The predicted octanol–water partition coefficient (Wildman–Crippen LogP) is 1.85. The minimum atomic E-state index is -0.216. The normalized spacial score (nSPS) is 19.7. The molecule has 0 aliphatic carbocycles. The number of hydrogen-bond donors (Lipinski definition) is 2. The van der Waals surface area contributed by atoms with Crippen molar-refractivity contribution >= 4 is 16.8 Å². The molecule has 168 valence electrons. The standard InChI is InChI=1S/C24H28N4O4/c1-31-12-21(30)28-14-24(15-28)13-27(10-16-5-3-4-8-25-16)20(11-29)23-22(24)18-7-6-17(32-2)9-19(18)26-23/h3-9,20,26,29H,10-15H2,1-2H3/t20-/m0/s1. The lowest BCUT2D eigenvalue weighted by molar-refractivity contribution is -0.144. The van der Waals surface area contributed by atoms with Crippen molar-refractivity contribution in [3.63, 3.8) is 0 Å². The van der Waals surface area contributed by atoms with Crippen LogP contribution in [0.5, 0.6) is 5.75 Å². The number of aliphatic hydroxyl groups is 1. The Morgan fingerprint density at radius 2 is 2.09 bits per heavy atom. The first-order valence-corrected chi connectivity index (χ1v) is 10.8. The highest BCUT2D eigenvalue weighted by atomic mass is 16.5. The van der Waals surface area contributed by atoms with Gasteiger partial charge in [-0.1, -0.05) is 6.07 Å². The van der Waals surface area contributed by atoms with Crippen molar-refractivity contribution < 1.29 is 19.4 Å². The first kappa shape index (κ1) is 20.9. The van der Waals surface area contributed by atoms with Gasteiger partial charge in [0.25, 0.3) is 0 Å². The van der Waals surface area contributed by atoms with E-state index in [0.29, 0.717) is 19.6 Å². The third-order valence-electron chi connectivity index (χ3n) is 6.72. The van der Waals surface area contributed by atoms with Crippen molar-refractivity contribution in [2.24, 2.45) is 0 Å². The number of carbonyl (C=O) groups excluding carboxylic acids is 1. The number of carbonyl (C=O) groups is 1. The second-order valence-electron chi connectivity index (χ2n) is 8.71. The number of aromatic amines is 1. The van der Waals surface area contributed by atoms with Crippen LogP contribution in [0.3, 0.4) is 0 Å². The minimum Gasteiger partial charge on any atom is -0.497 e. The molecule has 0 bridgehead atoms. The summed E-state index contributed by atoms with van der Waals surface area (Å²) in [5.74, 6) is 0.781. The van der Waals surface area contributed by atoms with Crippen molar-refractivity contribution in [1.29, 1.82) is 0 Å². The van der Waals surface area contributed by atoms with E-state index >= 15 is 0 Å². The molecular weight excluding hydrogens is 408 g/mol. The smallest absolute Gasteiger partial charge is 0.248 e. The largest absolute Gasteiger partial charge is 0.497 e. The van der Waals surface area contributed by atoms with Gasteiger partial charge in [-0.25, -0.2) is 0 Å². The molecule has 0 radical (unpaired) electrons. The van der Waals surface area contributed by atoms with E-state index in [1.54, 1.807) is 20.4 Å². The molecule has 0 saturated carbocycles. The molecule has 0 unspecified atom stereocenters. The van der Waals surface area contributed by atoms with Crippen molar-refractivity contribution in [3.8, 4) is 5.75 Å². The van der Waals surface area contributed by atoms with Gasteiger partial charge in [0.1, 0.15) is 12.4 Å². The first-order chi connectivity index (χ1) is 15.6. The Hall–Kier alpha value is -2.94. The van der Waals surface area contributed by atoms with Gasteiger partial charge in [-0.15, -0.1) is 0 Å². The van der Waals surface area contributed by atoms with Crippen LogP contribution in [-0.4, -0.2) is 77.8 Å². The summed E-state index contributed by atoms with van der Waals surface area (Å²) in [6.07, 6.45) is 1.79. The fraction of sp³-hybridized carbons (Fsp3) is 0.417. The monoisotopic (exact) mass is 436 g/mol. The van der Waals surface area contributed by atoms with Crippen molar-refractivity contribution in [2.45, 2.75) is 18.0 Å². The van der Waals surface area contributed by atoms with Crippen LogP contribution < -0.4 is 4.74 Å². The van der Waals surface area contributed by atoms with Gasteiger partial charge < -0.3 is 24.5 Å². The van der Waals surface area contributed by atoms with Gasteiger partial charge in [-0.05, 0) is 29.8 Å². The topological polar surface area (TPSA) is 90.9 Å². The number of amides is 1. The van der Waals surface area contributed by atoms with E-state index in [0.717, 1.165) is 34.6 Å². The number of nitrogens with zero attached hydrogens (tertiary/aromatic N) is 3. The highest BCUT2D eigenvalue weighted by Gasteiger charge is 2.53. The lowest BCUT2D eigenvalue weighted by Crippen LogP contribution is -2.67. The maximum atomic E-state index is 12.5. The maximum absolute atomic E-state index is 12.5. The van der Waals surface area contributed by atoms with Crippen molar-refractivity contribution in [3.05, 3.63) is 59.5 Å². The van der Waals surface area contributed by atoms with Gasteiger partial charge >= 0.3 is 0 Å². The number of pyridine rings is 1. The van der Waals surface area contributed by atoms with Crippen LogP contribution in [-0.2, 0) is 21.5 Å². The van der Waals surface area contributed by atoms with Gasteiger partial charge in [-0.2, -0.15) is 0 Å². The molecule has 1 fully saturated rings. The van der Waals surface area contributed by atoms with Crippen LogP contribution >= 0.6 is 0 Å². The van der Waals surface area contributed by atoms with Crippen molar-refractivity contribution in [2.75, 3.05) is 47.1 Å². The summed E-state index contributed by atoms with van der Waals surface area (Å²) in [6.45, 7) is 2.68.